The van der Waals surface area contributed by atoms with E-state index in [1.807, 2.05) is 0 Å². The number of aryl methyl sites for hydroxylation is 1. The van der Waals surface area contributed by atoms with E-state index >= 15 is 0 Å². The molecule has 0 radical (unpaired) electrons. The summed E-state index contributed by atoms with van der Waals surface area (Å²) in [6, 6.07) is 3.72. The van der Waals surface area contributed by atoms with Gasteiger partial charge in [0.15, 0.2) is 0 Å². The van der Waals surface area contributed by atoms with Crippen LogP contribution in [0.25, 0.3) is 10.9 Å². The number of hydrogen-bond acceptors (Lipinski definition) is 5. The molecular formula is C28H32F4N6O5. The molecule has 1 atom stereocenters. The molecule has 1 aromatic carbocycles. The van der Waals surface area contributed by atoms with Crippen molar-refractivity contribution in [1.82, 2.24) is 24.3 Å². The maximum Gasteiger partial charge on any atom is 0.407 e. The molecule has 3 amide bonds. The van der Waals surface area contributed by atoms with Gasteiger partial charge in [0.2, 0.25) is 11.8 Å². The quantitative estimate of drug-likeness (QED) is 0.210. The second-order valence-corrected chi connectivity index (χ2v) is 10.2. The number of halogens is 4. The number of nitrogens with one attached hydrogen (secondary N) is 2. The van der Waals surface area contributed by atoms with E-state index in [2.05, 4.69) is 15.3 Å². The van der Waals surface area contributed by atoms with Crippen molar-refractivity contribution in [2.24, 2.45) is 5.92 Å². The predicted molar refractivity (Wildman–Crippen MR) is 150 cm³/mol. The minimum absolute atomic E-state index is 0.111. The maximum atomic E-state index is 14.1. The van der Waals surface area contributed by atoms with E-state index in [4.69, 9.17) is 0 Å². The molecule has 3 rings (SSSR count). The van der Waals surface area contributed by atoms with Gasteiger partial charge in [-0.05, 0) is 49.1 Å². The van der Waals surface area contributed by atoms with Gasteiger partial charge in [-0.15, -0.1) is 0 Å². The number of aromatic amines is 1. The highest BCUT2D eigenvalue weighted by molar-refractivity contribution is 5.92. The molecule has 11 nitrogen and oxygen atoms in total. The van der Waals surface area contributed by atoms with Gasteiger partial charge in [-0.25, -0.2) is 14.2 Å². The van der Waals surface area contributed by atoms with Crippen LogP contribution >= 0.6 is 0 Å². The molecule has 0 unspecified atom stereocenters. The lowest BCUT2D eigenvalue weighted by Crippen LogP contribution is -2.37. The van der Waals surface area contributed by atoms with Crippen LogP contribution in [0.3, 0.4) is 0 Å². The third-order valence-corrected chi connectivity index (χ3v) is 6.58. The van der Waals surface area contributed by atoms with Gasteiger partial charge < -0.3 is 25.2 Å². The van der Waals surface area contributed by atoms with Gasteiger partial charge in [-0.1, -0.05) is 6.08 Å². The highest BCUT2D eigenvalue weighted by Crippen LogP contribution is 2.27. The van der Waals surface area contributed by atoms with Crippen LogP contribution in [0.5, 0.6) is 0 Å². The third-order valence-electron chi connectivity index (χ3n) is 6.58. The van der Waals surface area contributed by atoms with E-state index < -0.39 is 48.3 Å². The van der Waals surface area contributed by atoms with Gasteiger partial charge >= 0.3 is 12.3 Å². The van der Waals surface area contributed by atoms with E-state index in [1.54, 1.807) is 20.2 Å². The van der Waals surface area contributed by atoms with E-state index in [9.17, 15) is 41.8 Å². The van der Waals surface area contributed by atoms with Crippen molar-refractivity contribution in [3.8, 4) is 0 Å². The summed E-state index contributed by atoms with van der Waals surface area (Å²) >= 11 is 0. The first-order valence-corrected chi connectivity index (χ1v) is 13.2. The number of alkyl halides is 3. The number of amides is 3. The maximum absolute atomic E-state index is 14.1. The van der Waals surface area contributed by atoms with E-state index in [1.165, 1.54) is 36.5 Å². The van der Waals surface area contributed by atoms with Gasteiger partial charge in [0.05, 0.1) is 25.0 Å². The fourth-order valence-electron chi connectivity index (χ4n) is 4.31. The number of carbonyl (C=O) groups is 3. The van der Waals surface area contributed by atoms with Crippen LogP contribution in [0.15, 0.2) is 47.7 Å². The normalized spacial score (nSPS) is 12.4. The summed E-state index contributed by atoms with van der Waals surface area (Å²) in [6.45, 7) is -0.284. The standard InChI is InChI=1S/C28H32F4N6O5/c1-36(2)23(39)7-5-4-6-18(14-37(3)27(42)43)25(40)35-22-13-33-16-38(26(22)41)15-21-12-19-11-20(29)10-17(24(19)34-21)8-9-28(30,31)32/h5,7,10-13,16,18,34H,4,6,8-9,14-15H2,1-3H3,(H,35,40)(H,42,43)/b7-5+/t18-/m0/s1. The van der Waals surface area contributed by atoms with Crippen molar-refractivity contribution in [3.05, 3.63) is 70.3 Å². The molecule has 3 aromatic rings. The molecule has 232 valence electrons. The molecule has 43 heavy (non-hydrogen) atoms. The number of H-pyrrole nitrogens is 1. The molecule has 0 aliphatic rings. The van der Waals surface area contributed by atoms with Crippen LogP contribution in [0.1, 0.15) is 30.5 Å². The van der Waals surface area contributed by atoms with Gasteiger partial charge in [0.25, 0.3) is 5.56 Å². The summed E-state index contributed by atoms with van der Waals surface area (Å²) in [6.07, 6.45) is -1.50. The molecule has 0 saturated carbocycles. The fourth-order valence-corrected chi connectivity index (χ4v) is 4.31. The number of benzene rings is 1. The zero-order valence-corrected chi connectivity index (χ0v) is 23.7. The Balaban J connectivity index is 1.79. The van der Waals surface area contributed by atoms with Crippen LogP contribution < -0.4 is 10.9 Å². The average Bonchev–Trinajstić information content (AvgIpc) is 3.32. The second-order valence-electron chi connectivity index (χ2n) is 10.2. The summed E-state index contributed by atoms with van der Waals surface area (Å²) in [5.74, 6) is -2.45. The minimum Gasteiger partial charge on any atom is -0.465 e. The van der Waals surface area contributed by atoms with Crippen LogP contribution in [0.4, 0.5) is 28.0 Å². The summed E-state index contributed by atoms with van der Waals surface area (Å²) in [5.41, 5.74) is 0.0246. The smallest absolute Gasteiger partial charge is 0.407 e. The highest BCUT2D eigenvalue weighted by Gasteiger charge is 2.27. The Morgan fingerprint density at radius 3 is 2.56 bits per heavy atom. The van der Waals surface area contributed by atoms with Crippen LogP contribution in [0.2, 0.25) is 0 Å². The zero-order chi connectivity index (χ0) is 31.9. The predicted octanol–water partition coefficient (Wildman–Crippen LogP) is 4.00. The number of likely N-dealkylation sites (N-methyl/N-ethyl adjacent to an activating group) is 1. The Morgan fingerprint density at radius 1 is 1.19 bits per heavy atom. The van der Waals surface area contributed by atoms with Crippen molar-refractivity contribution in [3.63, 3.8) is 0 Å². The Hall–Kier alpha value is -4.69. The number of nitrogens with zero attached hydrogens (tertiary/aromatic N) is 4. The number of carboxylic acid groups (broad SMARTS) is 1. The molecule has 2 heterocycles. The number of anilines is 1. The molecule has 0 aliphatic heterocycles. The van der Waals surface area contributed by atoms with Crippen molar-refractivity contribution >= 4 is 34.5 Å². The van der Waals surface area contributed by atoms with E-state index in [0.29, 0.717) is 16.6 Å². The van der Waals surface area contributed by atoms with Gasteiger partial charge in [0.1, 0.15) is 11.5 Å². The lowest BCUT2D eigenvalue weighted by atomic mass is 10.0. The fraction of sp³-hybridized carbons (Fsp3) is 0.393. The van der Waals surface area contributed by atoms with E-state index in [-0.39, 0.29) is 43.1 Å². The molecule has 15 heteroatoms. The summed E-state index contributed by atoms with van der Waals surface area (Å²) < 4.78 is 53.5. The van der Waals surface area contributed by atoms with Gasteiger partial charge in [-0.2, -0.15) is 13.2 Å². The topological polar surface area (TPSA) is 141 Å². The van der Waals surface area contributed by atoms with Gasteiger partial charge in [-0.3, -0.25) is 19.0 Å². The Labute approximate surface area is 243 Å². The number of rotatable bonds is 12. The van der Waals surface area contributed by atoms with Crippen LogP contribution in [0, 0.1) is 11.7 Å². The number of aromatic nitrogens is 3. The number of fused-ring (bicyclic) bond motifs is 1. The molecule has 0 fully saturated rings. The monoisotopic (exact) mass is 608 g/mol. The Bertz CT molecular complexity index is 1560. The molecule has 0 saturated heterocycles. The number of hydrogen-bond donors (Lipinski definition) is 3. The summed E-state index contributed by atoms with van der Waals surface area (Å²) in [4.78, 5) is 58.6. The van der Waals surface area contributed by atoms with Crippen molar-refractivity contribution in [1.29, 1.82) is 0 Å². The lowest BCUT2D eigenvalue weighted by Gasteiger charge is -2.21. The number of allylic oxidation sites excluding steroid dienone is 1. The largest absolute Gasteiger partial charge is 0.465 e. The first-order valence-electron chi connectivity index (χ1n) is 13.2. The lowest BCUT2D eigenvalue weighted by molar-refractivity contribution is -0.134. The highest BCUT2D eigenvalue weighted by atomic mass is 19.4. The molecule has 0 spiro atoms. The number of carbonyl (C=O) groups excluding carboxylic acids is 2. The van der Waals surface area contributed by atoms with E-state index in [0.717, 1.165) is 21.7 Å². The second kappa shape index (κ2) is 14.0. The van der Waals surface area contributed by atoms with Crippen molar-refractivity contribution in [2.75, 3.05) is 33.0 Å². The van der Waals surface area contributed by atoms with Crippen LogP contribution in [-0.4, -0.2) is 81.2 Å². The minimum atomic E-state index is -4.41. The summed E-state index contributed by atoms with van der Waals surface area (Å²) in [7, 11) is 4.46. The van der Waals surface area contributed by atoms with Crippen molar-refractivity contribution in [2.45, 2.75) is 38.4 Å². The average molecular weight is 609 g/mol. The SMILES string of the molecule is CN(C)C(=O)/C=C/CC[C@@H](CN(C)C(=O)O)C(=O)Nc1cncn(Cc2cc3cc(F)cc(CCC(F)(F)F)c3[nH]2)c1=O. The summed E-state index contributed by atoms with van der Waals surface area (Å²) in [5, 5.41) is 12.1. The molecule has 0 bridgehead atoms. The first kappa shape index (κ1) is 32.8. The Kier molecular flexibility index (Phi) is 10.7. The third kappa shape index (κ3) is 9.41. The Morgan fingerprint density at radius 2 is 1.91 bits per heavy atom. The van der Waals surface area contributed by atoms with Crippen LogP contribution in [-0.2, 0) is 22.6 Å². The zero-order valence-electron chi connectivity index (χ0n) is 23.7. The molecular weight excluding hydrogens is 576 g/mol. The van der Waals surface area contributed by atoms with Gasteiger partial charge in [0, 0.05) is 50.7 Å². The molecule has 2 aromatic heterocycles. The molecule has 0 aliphatic carbocycles. The van der Waals surface area contributed by atoms with Crippen molar-refractivity contribution < 1.29 is 37.1 Å². The molecule has 3 N–H and O–H groups in total. The first-order chi connectivity index (χ1) is 20.1.